The lowest BCUT2D eigenvalue weighted by atomic mass is 9.97. The number of rotatable bonds is 5. The molecule has 0 radical (unpaired) electrons. The molecule has 2 rings (SSSR count). The average molecular weight is 332 g/mol. The molecule has 1 saturated heterocycles. The van der Waals surface area contributed by atoms with E-state index in [4.69, 9.17) is 4.74 Å². The fourth-order valence-corrected chi connectivity index (χ4v) is 3.36. The van der Waals surface area contributed by atoms with E-state index in [1.54, 1.807) is 0 Å². The van der Waals surface area contributed by atoms with Crippen LogP contribution in [0.1, 0.15) is 36.5 Å². The van der Waals surface area contributed by atoms with E-state index >= 15 is 0 Å². The van der Waals surface area contributed by atoms with Crippen LogP contribution in [0.5, 0.6) is 0 Å². The Kier molecular flexibility index (Phi) is 6.23. The first-order chi connectivity index (χ1) is 11.4. The second-order valence-electron chi connectivity index (χ2n) is 6.53. The number of likely N-dealkylation sites (tertiary alicyclic amines) is 1. The van der Waals surface area contributed by atoms with Crippen molar-refractivity contribution in [1.82, 2.24) is 4.90 Å². The van der Waals surface area contributed by atoms with Gasteiger partial charge >= 0.3 is 5.97 Å². The van der Waals surface area contributed by atoms with E-state index in [1.807, 2.05) is 11.8 Å². The van der Waals surface area contributed by atoms with Crippen LogP contribution in [0.25, 0.3) is 0 Å². The summed E-state index contributed by atoms with van der Waals surface area (Å²) in [5.74, 6) is -0.117. The van der Waals surface area contributed by atoms with Crippen LogP contribution in [0.3, 0.4) is 0 Å². The highest BCUT2D eigenvalue weighted by Gasteiger charge is 2.28. The Bertz CT molecular complexity index is 582. The van der Waals surface area contributed by atoms with E-state index in [9.17, 15) is 9.59 Å². The molecule has 1 amide bonds. The Morgan fingerprint density at radius 2 is 1.75 bits per heavy atom. The summed E-state index contributed by atoms with van der Waals surface area (Å²) in [6.45, 7) is 9.94. The standard InChI is InChI=1S/C19H28N2O3/c1-5-24-19(23)16-6-8-21(9-7-16)17(22)12-20-18-14(3)10-13(2)11-15(18)4/h10-11,16,20H,5-9,12H2,1-4H3. The Balaban J connectivity index is 1.85. The van der Waals surface area contributed by atoms with E-state index < -0.39 is 0 Å². The van der Waals surface area contributed by atoms with Crippen molar-refractivity contribution in [2.24, 2.45) is 5.92 Å². The second-order valence-corrected chi connectivity index (χ2v) is 6.53. The molecule has 24 heavy (non-hydrogen) atoms. The minimum Gasteiger partial charge on any atom is -0.466 e. The fraction of sp³-hybridized carbons (Fsp3) is 0.579. The van der Waals surface area contributed by atoms with Gasteiger partial charge in [0.2, 0.25) is 5.91 Å². The van der Waals surface area contributed by atoms with Gasteiger partial charge in [-0.2, -0.15) is 0 Å². The molecule has 0 unspecified atom stereocenters. The number of carbonyl (C=O) groups is 2. The summed E-state index contributed by atoms with van der Waals surface area (Å²) in [6.07, 6.45) is 1.38. The van der Waals surface area contributed by atoms with E-state index in [0.29, 0.717) is 32.5 Å². The number of amides is 1. The Morgan fingerprint density at radius 3 is 2.29 bits per heavy atom. The van der Waals surface area contributed by atoms with E-state index in [0.717, 1.165) is 16.8 Å². The van der Waals surface area contributed by atoms with Crippen molar-refractivity contribution >= 4 is 17.6 Å². The van der Waals surface area contributed by atoms with Gasteiger partial charge in [0, 0.05) is 18.8 Å². The number of nitrogens with one attached hydrogen (secondary N) is 1. The van der Waals surface area contributed by atoms with Crippen molar-refractivity contribution in [3.05, 3.63) is 28.8 Å². The quantitative estimate of drug-likeness (QED) is 0.843. The van der Waals surface area contributed by atoms with E-state index in [2.05, 4.69) is 38.2 Å². The molecule has 1 aromatic carbocycles. The van der Waals surface area contributed by atoms with Crippen LogP contribution in [0.2, 0.25) is 0 Å². The van der Waals surface area contributed by atoms with Gasteiger partial charge in [-0.1, -0.05) is 17.7 Å². The average Bonchev–Trinajstić information content (AvgIpc) is 2.54. The number of aryl methyl sites for hydroxylation is 3. The molecule has 0 saturated carbocycles. The summed E-state index contributed by atoms with van der Waals surface area (Å²) in [5, 5.41) is 3.28. The van der Waals surface area contributed by atoms with Crippen LogP contribution in [0.15, 0.2) is 12.1 Å². The molecule has 1 heterocycles. The van der Waals surface area contributed by atoms with Crippen LogP contribution in [-0.4, -0.2) is 43.0 Å². The van der Waals surface area contributed by atoms with Crippen LogP contribution >= 0.6 is 0 Å². The van der Waals surface area contributed by atoms with Crippen molar-refractivity contribution in [2.45, 2.75) is 40.5 Å². The van der Waals surface area contributed by atoms with Crippen LogP contribution in [0.4, 0.5) is 5.69 Å². The first-order valence-electron chi connectivity index (χ1n) is 8.68. The zero-order valence-corrected chi connectivity index (χ0v) is 15.1. The lowest BCUT2D eigenvalue weighted by Crippen LogP contribution is -2.43. The maximum atomic E-state index is 12.4. The van der Waals surface area contributed by atoms with Crippen LogP contribution in [-0.2, 0) is 14.3 Å². The summed E-state index contributed by atoms with van der Waals surface area (Å²) >= 11 is 0. The third-order valence-corrected chi connectivity index (χ3v) is 4.56. The van der Waals surface area contributed by atoms with Gasteiger partial charge in [-0.15, -0.1) is 0 Å². The van der Waals surface area contributed by atoms with Crippen LogP contribution < -0.4 is 5.32 Å². The van der Waals surface area contributed by atoms with Gasteiger partial charge in [0.15, 0.2) is 0 Å². The molecule has 1 aliphatic rings. The molecule has 1 N–H and O–H groups in total. The highest BCUT2D eigenvalue weighted by Crippen LogP contribution is 2.22. The molecular formula is C19H28N2O3. The molecule has 0 atom stereocenters. The number of piperidine rings is 1. The topological polar surface area (TPSA) is 58.6 Å². The molecule has 1 aromatic rings. The first kappa shape index (κ1) is 18.3. The largest absolute Gasteiger partial charge is 0.466 e. The number of hydrogen-bond acceptors (Lipinski definition) is 4. The number of hydrogen-bond donors (Lipinski definition) is 1. The number of ether oxygens (including phenoxy) is 1. The van der Waals surface area contributed by atoms with Gasteiger partial charge < -0.3 is 15.0 Å². The Labute approximate surface area is 144 Å². The lowest BCUT2D eigenvalue weighted by Gasteiger charge is -2.31. The molecule has 0 aliphatic carbocycles. The Morgan fingerprint density at radius 1 is 1.17 bits per heavy atom. The van der Waals surface area contributed by atoms with Gasteiger partial charge in [-0.25, -0.2) is 0 Å². The van der Waals surface area contributed by atoms with Gasteiger partial charge in [0.25, 0.3) is 0 Å². The number of benzene rings is 1. The fourth-order valence-electron chi connectivity index (χ4n) is 3.36. The third kappa shape index (κ3) is 4.49. The molecule has 1 aliphatic heterocycles. The van der Waals surface area contributed by atoms with Crippen molar-refractivity contribution < 1.29 is 14.3 Å². The normalized spacial score (nSPS) is 15.2. The molecule has 1 fully saturated rings. The van der Waals surface area contributed by atoms with Gasteiger partial charge in [-0.3, -0.25) is 9.59 Å². The molecule has 0 spiro atoms. The minimum absolute atomic E-state index is 0.0662. The molecule has 0 bridgehead atoms. The van der Waals surface area contributed by atoms with Gasteiger partial charge in [-0.05, 0) is 51.7 Å². The molecule has 5 heteroatoms. The number of carbonyl (C=O) groups excluding carboxylic acids is 2. The van der Waals surface area contributed by atoms with Crippen molar-refractivity contribution in [3.8, 4) is 0 Å². The maximum absolute atomic E-state index is 12.4. The summed E-state index contributed by atoms with van der Waals surface area (Å²) in [7, 11) is 0. The zero-order chi connectivity index (χ0) is 17.7. The number of anilines is 1. The third-order valence-electron chi connectivity index (χ3n) is 4.56. The summed E-state index contributed by atoms with van der Waals surface area (Å²) in [5.41, 5.74) is 4.57. The lowest BCUT2D eigenvalue weighted by molar-refractivity contribution is -0.151. The van der Waals surface area contributed by atoms with Gasteiger partial charge in [0.1, 0.15) is 0 Å². The zero-order valence-electron chi connectivity index (χ0n) is 15.1. The highest BCUT2D eigenvalue weighted by atomic mass is 16.5. The monoisotopic (exact) mass is 332 g/mol. The molecule has 0 aromatic heterocycles. The Hall–Kier alpha value is -2.04. The van der Waals surface area contributed by atoms with E-state index in [-0.39, 0.29) is 24.3 Å². The summed E-state index contributed by atoms with van der Waals surface area (Å²) in [4.78, 5) is 26.0. The summed E-state index contributed by atoms with van der Waals surface area (Å²) < 4.78 is 5.06. The van der Waals surface area contributed by atoms with E-state index in [1.165, 1.54) is 5.56 Å². The predicted octanol–water partition coefficient (Wildman–Crippen LogP) is 2.83. The van der Waals surface area contributed by atoms with Crippen molar-refractivity contribution in [1.29, 1.82) is 0 Å². The van der Waals surface area contributed by atoms with Gasteiger partial charge in [0.05, 0.1) is 19.1 Å². The predicted molar refractivity (Wildman–Crippen MR) is 95.1 cm³/mol. The number of nitrogens with zero attached hydrogens (tertiary/aromatic N) is 1. The SMILES string of the molecule is CCOC(=O)C1CCN(C(=O)CNc2c(C)cc(C)cc2C)CC1. The maximum Gasteiger partial charge on any atom is 0.309 e. The molecule has 5 nitrogen and oxygen atoms in total. The first-order valence-corrected chi connectivity index (χ1v) is 8.68. The van der Waals surface area contributed by atoms with Crippen molar-refractivity contribution in [3.63, 3.8) is 0 Å². The summed E-state index contributed by atoms with van der Waals surface area (Å²) in [6, 6.07) is 4.23. The highest BCUT2D eigenvalue weighted by molar-refractivity contribution is 5.82. The second kappa shape index (κ2) is 8.18. The van der Waals surface area contributed by atoms with Crippen molar-refractivity contribution in [2.75, 3.05) is 31.6 Å². The molecule has 132 valence electrons. The number of esters is 1. The minimum atomic E-state index is -0.131. The smallest absolute Gasteiger partial charge is 0.309 e. The molecular weight excluding hydrogens is 304 g/mol. The van der Waals surface area contributed by atoms with Crippen LogP contribution in [0, 0.1) is 26.7 Å².